The molecule has 2 N–H and O–H groups in total. The summed E-state index contributed by atoms with van der Waals surface area (Å²) in [6.45, 7) is 2.43. The van der Waals surface area contributed by atoms with Gasteiger partial charge in [0.15, 0.2) is 0 Å². The Morgan fingerprint density at radius 3 is 2.71 bits per heavy atom. The molecule has 0 aliphatic carbocycles. The number of urea groups is 1. The molecule has 1 heterocycles. The second-order valence-electron chi connectivity index (χ2n) is 5.10. The number of benzene rings is 1. The van der Waals surface area contributed by atoms with Crippen LogP contribution in [0, 0.1) is 11.8 Å². The third-order valence-electron chi connectivity index (χ3n) is 3.63. The molecule has 2 atom stereocenters. The third kappa shape index (κ3) is 3.39. The second-order valence-corrected chi connectivity index (χ2v) is 5.51. The van der Waals surface area contributed by atoms with Gasteiger partial charge in [-0.15, -0.1) is 0 Å². The molecule has 1 aliphatic heterocycles. The average molecular weight is 313 g/mol. The van der Waals surface area contributed by atoms with Crippen LogP contribution < -0.4 is 10.1 Å². The molecule has 21 heavy (non-hydrogen) atoms. The number of nitrogens with one attached hydrogen (secondary N) is 1. The van der Waals surface area contributed by atoms with Gasteiger partial charge in [-0.3, -0.25) is 4.79 Å². The maximum Gasteiger partial charge on any atom is 0.321 e. The van der Waals surface area contributed by atoms with E-state index in [-0.39, 0.29) is 18.5 Å². The Balaban J connectivity index is 2.07. The molecule has 0 radical (unpaired) electrons. The number of rotatable bonds is 3. The predicted octanol–water partition coefficient (Wildman–Crippen LogP) is 2.53. The van der Waals surface area contributed by atoms with Crippen LogP contribution in [0.5, 0.6) is 5.75 Å². The molecule has 1 aromatic carbocycles. The van der Waals surface area contributed by atoms with E-state index in [1.54, 1.807) is 18.2 Å². The van der Waals surface area contributed by atoms with Crippen molar-refractivity contribution in [3.05, 3.63) is 23.2 Å². The van der Waals surface area contributed by atoms with Crippen molar-refractivity contribution in [2.75, 3.05) is 25.5 Å². The number of nitrogens with zero attached hydrogens (tertiary/aromatic N) is 1. The Morgan fingerprint density at radius 1 is 1.43 bits per heavy atom. The van der Waals surface area contributed by atoms with Gasteiger partial charge in [0.1, 0.15) is 5.75 Å². The highest BCUT2D eigenvalue weighted by Gasteiger charge is 2.37. The summed E-state index contributed by atoms with van der Waals surface area (Å²) in [5.41, 5.74) is 0.437. The van der Waals surface area contributed by atoms with Gasteiger partial charge in [-0.2, -0.15) is 0 Å². The van der Waals surface area contributed by atoms with Gasteiger partial charge in [-0.05, 0) is 18.1 Å². The molecule has 1 fully saturated rings. The van der Waals surface area contributed by atoms with Gasteiger partial charge < -0.3 is 20.1 Å². The van der Waals surface area contributed by atoms with Crippen molar-refractivity contribution in [1.82, 2.24) is 4.90 Å². The molecule has 7 heteroatoms. The summed E-state index contributed by atoms with van der Waals surface area (Å²) >= 11 is 6.03. The van der Waals surface area contributed by atoms with Crippen LogP contribution in [0.1, 0.15) is 6.92 Å². The lowest BCUT2D eigenvalue weighted by Gasteiger charge is -2.17. The number of aliphatic carboxylic acids is 1. The molecule has 2 amide bonds. The first-order chi connectivity index (χ1) is 9.92. The standard InChI is InChI=1S/C14H17ClN2O4/c1-8-6-17(7-10(8)13(18)19)14(20)16-12-5-9(21-2)3-4-11(12)15/h3-5,8,10H,6-7H2,1-2H3,(H,16,20)(H,18,19)/t8-,10-/m1/s1. The van der Waals surface area contributed by atoms with Crippen LogP contribution in [0.4, 0.5) is 10.5 Å². The molecule has 0 aromatic heterocycles. The normalized spacial score (nSPS) is 21.2. The number of hydrogen-bond acceptors (Lipinski definition) is 3. The van der Waals surface area contributed by atoms with Crippen LogP contribution >= 0.6 is 11.6 Å². The molecule has 0 spiro atoms. The zero-order chi connectivity index (χ0) is 15.6. The van der Waals surface area contributed by atoms with Crippen LogP contribution in [0.3, 0.4) is 0 Å². The molecule has 1 saturated heterocycles. The number of halogens is 1. The largest absolute Gasteiger partial charge is 0.497 e. The van der Waals surface area contributed by atoms with E-state index in [2.05, 4.69) is 5.32 Å². The topological polar surface area (TPSA) is 78.9 Å². The average Bonchev–Trinajstić information content (AvgIpc) is 2.83. The maximum atomic E-state index is 12.2. The van der Waals surface area contributed by atoms with Gasteiger partial charge in [-0.1, -0.05) is 18.5 Å². The molecule has 0 bridgehead atoms. The summed E-state index contributed by atoms with van der Waals surface area (Å²) in [5, 5.41) is 12.2. The minimum atomic E-state index is -0.878. The fourth-order valence-electron chi connectivity index (χ4n) is 2.38. The number of ether oxygens (including phenoxy) is 1. The Hall–Kier alpha value is -1.95. The van der Waals surface area contributed by atoms with Crippen LogP contribution in [0.25, 0.3) is 0 Å². The van der Waals surface area contributed by atoms with E-state index in [0.29, 0.717) is 23.0 Å². The smallest absolute Gasteiger partial charge is 0.321 e. The van der Waals surface area contributed by atoms with E-state index in [1.807, 2.05) is 6.92 Å². The first-order valence-corrected chi connectivity index (χ1v) is 6.92. The number of hydrogen-bond donors (Lipinski definition) is 2. The van der Waals surface area contributed by atoms with Crippen LogP contribution in [0.2, 0.25) is 5.02 Å². The number of methoxy groups -OCH3 is 1. The van der Waals surface area contributed by atoms with E-state index in [9.17, 15) is 9.59 Å². The molecule has 6 nitrogen and oxygen atoms in total. The van der Waals surface area contributed by atoms with E-state index < -0.39 is 11.9 Å². The molecular formula is C14H17ClN2O4. The lowest BCUT2D eigenvalue weighted by molar-refractivity contribution is -0.142. The Bertz CT molecular complexity index is 564. The molecule has 2 rings (SSSR count). The quantitative estimate of drug-likeness (QED) is 0.899. The summed E-state index contributed by atoms with van der Waals surface area (Å²) in [7, 11) is 1.52. The van der Waals surface area contributed by atoms with Gasteiger partial charge >= 0.3 is 12.0 Å². The Kier molecular flexibility index (Phi) is 4.57. The van der Waals surface area contributed by atoms with E-state index in [4.69, 9.17) is 21.4 Å². The van der Waals surface area contributed by atoms with Crippen molar-refractivity contribution in [2.24, 2.45) is 11.8 Å². The summed E-state index contributed by atoms with van der Waals surface area (Å²) in [5.74, 6) is -0.907. The highest BCUT2D eigenvalue weighted by molar-refractivity contribution is 6.33. The second kappa shape index (κ2) is 6.22. The fourth-order valence-corrected chi connectivity index (χ4v) is 2.54. The van der Waals surface area contributed by atoms with E-state index >= 15 is 0 Å². The van der Waals surface area contributed by atoms with Crippen molar-refractivity contribution in [3.63, 3.8) is 0 Å². The summed E-state index contributed by atoms with van der Waals surface area (Å²) < 4.78 is 5.08. The zero-order valence-electron chi connectivity index (χ0n) is 11.8. The van der Waals surface area contributed by atoms with Crippen molar-refractivity contribution in [1.29, 1.82) is 0 Å². The number of carboxylic acid groups (broad SMARTS) is 1. The fraction of sp³-hybridized carbons (Fsp3) is 0.429. The molecule has 1 aromatic rings. The van der Waals surface area contributed by atoms with Crippen molar-refractivity contribution in [2.45, 2.75) is 6.92 Å². The summed E-state index contributed by atoms with van der Waals surface area (Å²) in [6.07, 6.45) is 0. The molecule has 0 saturated carbocycles. The number of likely N-dealkylation sites (tertiary alicyclic amines) is 1. The number of carboxylic acids is 1. The lowest BCUT2D eigenvalue weighted by atomic mass is 9.99. The molecule has 1 aliphatic rings. The minimum Gasteiger partial charge on any atom is -0.497 e. The Labute approximate surface area is 127 Å². The SMILES string of the molecule is COc1ccc(Cl)c(NC(=O)N2C[C@@H](C)[C@H](C(=O)O)C2)c1. The molecular weight excluding hydrogens is 296 g/mol. The highest BCUT2D eigenvalue weighted by atomic mass is 35.5. The summed E-state index contributed by atoms with van der Waals surface area (Å²) in [4.78, 5) is 24.8. The minimum absolute atomic E-state index is 0.0750. The number of amides is 2. The highest BCUT2D eigenvalue weighted by Crippen LogP contribution is 2.28. The van der Waals surface area contributed by atoms with Gasteiger partial charge in [0.2, 0.25) is 0 Å². The summed E-state index contributed by atoms with van der Waals surface area (Å²) in [6, 6.07) is 4.58. The molecule has 0 unspecified atom stereocenters. The Morgan fingerprint density at radius 2 is 2.14 bits per heavy atom. The number of carbonyl (C=O) groups excluding carboxylic acids is 1. The van der Waals surface area contributed by atoms with Gasteiger partial charge in [-0.25, -0.2) is 4.79 Å². The van der Waals surface area contributed by atoms with Gasteiger partial charge in [0.05, 0.1) is 23.7 Å². The maximum absolute atomic E-state index is 12.2. The van der Waals surface area contributed by atoms with Crippen LogP contribution in [-0.4, -0.2) is 42.2 Å². The third-order valence-corrected chi connectivity index (χ3v) is 3.96. The number of anilines is 1. The first-order valence-electron chi connectivity index (χ1n) is 6.54. The first kappa shape index (κ1) is 15.4. The predicted molar refractivity (Wildman–Crippen MR) is 78.9 cm³/mol. The van der Waals surface area contributed by atoms with Gasteiger partial charge in [0.25, 0.3) is 0 Å². The van der Waals surface area contributed by atoms with Crippen LogP contribution in [0.15, 0.2) is 18.2 Å². The number of carbonyl (C=O) groups is 2. The lowest BCUT2D eigenvalue weighted by Crippen LogP contribution is -2.33. The van der Waals surface area contributed by atoms with Gasteiger partial charge in [0, 0.05) is 19.2 Å². The van der Waals surface area contributed by atoms with E-state index in [0.717, 1.165) is 0 Å². The van der Waals surface area contributed by atoms with Crippen molar-refractivity contribution < 1.29 is 19.4 Å². The van der Waals surface area contributed by atoms with Crippen molar-refractivity contribution in [3.8, 4) is 5.75 Å². The van der Waals surface area contributed by atoms with E-state index in [1.165, 1.54) is 12.0 Å². The zero-order valence-corrected chi connectivity index (χ0v) is 12.6. The monoisotopic (exact) mass is 312 g/mol. The molecule has 114 valence electrons. The van der Waals surface area contributed by atoms with Crippen LogP contribution in [-0.2, 0) is 4.79 Å². The van der Waals surface area contributed by atoms with Crippen molar-refractivity contribution >= 4 is 29.3 Å².